The Labute approximate surface area is 348 Å². The number of H-pyrrole nitrogens is 2. The van der Waals surface area contributed by atoms with Crippen LogP contribution in [0.5, 0.6) is 0 Å². The van der Waals surface area contributed by atoms with Gasteiger partial charge in [-0.1, -0.05) is 52.0 Å². The molecular weight excluding hydrogens is 789 g/mol. The van der Waals surface area contributed by atoms with Crippen molar-refractivity contribution in [3.05, 3.63) is 66.2 Å². The Balaban J connectivity index is 1.15. The molecule has 4 atom stereocenters. The number of nitrogens with zero attached hydrogens (tertiary/aromatic N) is 4. The van der Waals surface area contributed by atoms with Crippen molar-refractivity contribution in [3.63, 3.8) is 0 Å². The van der Waals surface area contributed by atoms with Gasteiger partial charge in [-0.2, -0.15) is 0 Å². The van der Waals surface area contributed by atoms with E-state index >= 15 is 0 Å². The van der Waals surface area contributed by atoms with Gasteiger partial charge in [-0.25, -0.2) is 28.0 Å². The van der Waals surface area contributed by atoms with E-state index in [9.17, 15) is 27.6 Å². The fraction of sp³-hybridized carbons (Fsp3) is 0.442. The maximum atomic E-state index is 13.7. The zero-order valence-corrected chi connectivity index (χ0v) is 35.7. The number of imidazole rings is 2. The lowest BCUT2D eigenvalue weighted by Crippen LogP contribution is -2.51. The smallest absolute Gasteiger partial charge is 0.407 e. The summed E-state index contributed by atoms with van der Waals surface area (Å²) in [5, 5.41) is 5.35. The number of amides is 4. The van der Waals surface area contributed by atoms with Crippen LogP contribution in [-0.2, 0) is 28.9 Å². The second-order valence-corrected chi connectivity index (χ2v) is 18.3. The second-order valence-electron chi connectivity index (χ2n) is 16.3. The van der Waals surface area contributed by atoms with Gasteiger partial charge in [-0.15, -0.1) is 0 Å². The molecule has 0 bridgehead atoms. The normalized spacial score (nSPS) is 18.0. The molecule has 0 radical (unpaired) electrons. The van der Waals surface area contributed by atoms with Gasteiger partial charge in [0.2, 0.25) is 11.8 Å². The topological polar surface area (TPSA) is 209 Å². The number of hydrogen-bond acceptors (Lipinski definition) is 10. The summed E-state index contributed by atoms with van der Waals surface area (Å²) in [6, 6.07) is 14.5. The SMILES string of the molecule is COC(=O)N[C@H](C(=O)N1CCC[C@H]1c1nc2cc(-c3ccc(-c4ccc5[nH]c([C@@H]6CCCN6C(=O)[C@@H](NC(=O)OC)C(C)C)nc5c4)c(S(C)(=O)=O)c3)ccc2[nH]1)C(C)C. The molecule has 4 N–H and O–H groups in total. The number of hydrogen-bond donors (Lipinski definition) is 4. The lowest BCUT2D eigenvalue weighted by Gasteiger charge is -2.29. The first-order chi connectivity index (χ1) is 28.6. The Morgan fingerprint density at radius 2 is 1.12 bits per heavy atom. The molecule has 0 spiro atoms. The van der Waals surface area contributed by atoms with Crippen LogP contribution < -0.4 is 10.6 Å². The van der Waals surface area contributed by atoms with Crippen LogP contribution in [-0.4, -0.2) is 108 Å². The molecule has 0 aliphatic carbocycles. The van der Waals surface area contributed by atoms with Crippen LogP contribution in [0.2, 0.25) is 0 Å². The third-order valence-electron chi connectivity index (χ3n) is 11.5. The first-order valence-corrected chi connectivity index (χ1v) is 22.1. The Morgan fingerprint density at radius 1 is 0.683 bits per heavy atom. The van der Waals surface area contributed by atoms with Gasteiger partial charge in [0.15, 0.2) is 9.84 Å². The number of carbonyl (C=O) groups is 4. The molecule has 3 aromatic carbocycles. The highest BCUT2D eigenvalue weighted by molar-refractivity contribution is 7.90. The number of sulfone groups is 1. The van der Waals surface area contributed by atoms with E-state index in [0.717, 1.165) is 29.4 Å². The van der Waals surface area contributed by atoms with Crippen molar-refractivity contribution in [1.29, 1.82) is 0 Å². The van der Waals surface area contributed by atoms with E-state index in [2.05, 4.69) is 20.6 Å². The van der Waals surface area contributed by atoms with Crippen molar-refractivity contribution in [1.82, 2.24) is 40.4 Å². The molecule has 2 aliphatic rings. The van der Waals surface area contributed by atoms with Crippen molar-refractivity contribution < 1.29 is 37.1 Å². The molecule has 2 saturated heterocycles. The molecule has 2 fully saturated rings. The van der Waals surface area contributed by atoms with Crippen LogP contribution in [0.1, 0.15) is 77.1 Å². The highest BCUT2D eigenvalue weighted by atomic mass is 32.2. The van der Waals surface area contributed by atoms with Gasteiger partial charge in [-0.05, 0) is 84.5 Å². The van der Waals surface area contributed by atoms with E-state index < -0.39 is 34.1 Å². The number of alkyl carbamates (subject to hydrolysis) is 2. The number of ether oxygens (including phenoxy) is 2. The van der Waals surface area contributed by atoms with E-state index in [4.69, 9.17) is 19.4 Å². The zero-order valence-electron chi connectivity index (χ0n) is 34.9. The molecule has 2 aliphatic heterocycles. The Morgan fingerprint density at radius 3 is 1.57 bits per heavy atom. The van der Waals surface area contributed by atoms with E-state index in [1.807, 2.05) is 70.2 Å². The number of benzene rings is 3. The number of aromatic nitrogens is 4. The Kier molecular flexibility index (Phi) is 11.9. The van der Waals surface area contributed by atoms with Crippen molar-refractivity contribution >= 4 is 55.9 Å². The fourth-order valence-corrected chi connectivity index (χ4v) is 9.27. The lowest BCUT2D eigenvalue weighted by molar-refractivity contribution is -0.136. The minimum absolute atomic E-state index is 0.156. The maximum absolute atomic E-state index is 13.7. The van der Waals surface area contributed by atoms with Crippen LogP contribution in [0.15, 0.2) is 59.5 Å². The predicted octanol–water partition coefficient (Wildman–Crippen LogP) is 6.26. The quantitative estimate of drug-likeness (QED) is 0.117. The van der Waals surface area contributed by atoms with Crippen LogP contribution in [0.4, 0.5) is 9.59 Å². The third kappa shape index (κ3) is 8.40. The molecule has 318 valence electrons. The molecule has 4 heterocycles. The summed E-state index contributed by atoms with van der Waals surface area (Å²) in [7, 11) is -1.18. The monoisotopic (exact) mass is 840 g/mol. The average molecular weight is 841 g/mol. The third-order valence-corrected chi connectivity index (χ3v) is 12.7. The molecule has 5 aromatic rings. The summed E-state index contributed by atoms with van der Waals surface area (Å²) in [6.45, 7) is 8.53. The summed E-state index contributed by atoms with van der Waals surface area (Å²) >= 11 is 0. The van der Waals surface area contributed by atoms with Gasteiger partial charge in [0.05, 0.1) is 53.3 Å². The number of carbonyl (C=O) groups excluding carboxylic acids is 4. The molecule has 0 saturated carbocycles. The summed E-state index contributed by atoms with van der Waals surface area (Å²) in [5.41, 5.74) is 5.45. The predicted molar refractivity (Wildman–Crippen MR) is 225 cm³/mol. The first kappa shape index (κ1) is 42.2. The van der Waals surface area contributed by atoms with Crippen LogP contribution in [0.3, 0.4) is 0 Å². The molecule has 2 aromatic heterocycles. The van der Waals surface area contributed by atoms with Gasteiger partial charge in [0, 0.05) is 24.9 Å². The van der Waals surface area contributed by atoms with Gasteiger partial charge in [0.25, 0.3) is 0 Å². The van der Waals surface area contributed by atoms with Gasteiger partial charge in [0.1, 0.15) is 23.7 Å². The van der Waals surface area contributed by atoms with E-state index in [1.54, 1.807) is 21.9 Å². The molecule has 0 unspecified atom stereocenters. The molecule has 7 rings (SSSR count). The largest absolute Gasteiger partial charge is 0.453 e. The average Bonchev–Trinajstić information content (AvgIpc) is 4.05. The maximum Gasteiger partial charge on any atom is 0.407 e. The minimum Gasteiger partial charge on any atom is -0.453 e. The first-order valence-electron chi connectivity index (χ1n) is 20.2. The number of rotatable bonds is 11. The standard InChI is InChI=1S/C43H52N8O8S/c1-23(2)36(48-42(54)58-5)40(52)50-18-8-10-33(50)38-44-29-16-13-25(20-31(29)46-38)26-12-15-28(35(22-26)60(7,56)57)27-14-17-30-32(21-27)47-39(45-30)34-11-9-19-51(34)41(53)37(24(3)4)49-43(55)59-6/h12-17,20-24,33-34,36-37H,8-11,18-19H2,1-7H3,(H,44,46)(H,45,47)(H,48,54)(H,49,55)/t33-,34-,36-,37-/m0/s1. The summed E-state index contributed by atoms with van der Waals surface area (Å²) in [6.07, 6.45) is 2.82. The van der Waals surface area contributed by atoms with Gasteiger partial charge < -0.3 is 39.9 Å². The van der Waals surface area contributed by atoms with Gasteiger partial charge in [-0.3, -0.25) is 9.59 Å². The van der Waals surface area contributed by atoms with Crippen molar-refractivity contribution in [3.8, 4) is 22.3 Å². The van der Waals surface area contributed by atoms with E-state index in [-0.39, 0.29) is 40.6 Å². The number of methoxy groups -OCH3 is 2. The number of aromatic amines is 2. The highest BCUT2D eigenvalue weighted by Crippen LogP contribution is 2.38. The Bertz CT molecular complexity index is 2570. The van der Waals surface area contributed by atoms with Crippen LogP contribution >= 0.6 is 0 Å². The second kappa shape index (κ2) is 17.0. The van der Waals surface area contributed by atoms with Crippen LogP contribution in [0.25, 0.3) is 44.3 Å². The molecule has 17 heteroatoms. The molecule has 16 nitrogen and oxygen atoms in total. The Hall–Kier alpha value is -5.97. The van der Waals surface area contributed by atoms with Gasteiger partial charge >= 0.3 is 12.2 Å². The summed E-state index contributed by atoms with van der Waals surface area (Å²) in [4.78, 5) is 71.6. The molecule has 4 amide bonds. The summed E-state index contributed by atoms with van der Waals surface area (Å²) in [5.74, 6) is 0.532. The van der Waals surface area contributed by atoms with Crippen molar-refractivity contribution in [2.75, 3.05) is 33.6 Å². The van der Waals surface area contributed by atoms with Crippen LogP contribution in [0, 0.1) is 11.8 Å². The number of likely N-dealkylation sites (tertiary alicyclic amines) is 2. The summed E-state index contributed by atoms with van der Waals surface area (Å²) < 4.78 is 36.3. The fourth-order valence-electron chi connectivity index (χ4n) is 8.35. The molecule has 60 heavy (non-hydrogen) atoms. The molecular formula is C43H52N8O8S. The number of nitrogens with one attached hydrogen (secondary N) is 4. The zero-order chi connectivity index (χ0) is 43.0. The number of fused-ring (bicyclic) bond motifs is 2. The lowest BCUT2D eigenvalue weighted by atomic mass is 9.99. The highest BCUT2D eigenvalue weighted by Gasteiger charge is 2.39. The van der Waals surface area contributed by atoms with Crippen molar-refractivity contribution in [2.45, 2.75) is 82.4 Å². The minimum atomic E-state index is -3.71. The van der Waals surface area contributed by atoms with Crippen molar-refractivity contribution in [2.24, 2.45) is 11.8 Å². The van der Waals surface area contributed by atoms with E-state index in [0.29, 0.717) is 65.3 Å². The van der Waals surface area contributed by atoms with E-state index in [1.165, 1.54) is 20.5 Å².